The fourth-order valence-corrected chi connectivity index (χ4v) is 3.01. The summed E-state index contributed by atoms with van der Waals surface area (Å²) in [7, 11) is 0. The molecule has 2 amide bonds. The van der Waals surface area contributed by atoms with Crippen molar-refractivity contribution in [3.8, 4) is 0 Å². The zero-order valence-corrected chi connectivity index (χ0v) is 14.4. The molecule has 0 aliphatic rings. The molecule has 8 nitrogen and oxygen atoms in total. The molecule has 24 heavy (non-hydrogen) atoms. The van der Waals surface area contributed by atoms with Crippen molar-refractivity contribution in [1.82, 2.24) is 20.4 Å². The molecule has 0 atom stereocenters. The van der Waals surface area contributed by atoms with Gasteiger partial charge in [-0.3, -0.25) is 20.2 Å². The molecule has 0 fully saturated rings. The monoisotopic (exact) mass is 360 g/mol. The smallest absolute Gasteiger partial charge is 0.257 e. The Balaban J connectivity index is 1.73. The van der Waals surface area contributed by atoms with Crippen molar-refractivity contribution in [1.29, 1.82) is 0 Å². The highest BCUT2D eigenvalue weighted by Gasteiger charge is 2.13. The lowest BCUT2D eigenvalue weighted by Crippen LogP contribution is -2.15. The number of carbonyl (C=O) groups is 2. The third-order valence-corrected chi connectivity index (χ3v) is 4.39. The average molecular weight is 360 g/mol. The Bertz CT molecular complexity index is 835. The molecule has 0 saturated carbocycles. The minimum atomic E-state index is -0.354. The van der Waals surface area contributed by atoms with Crippen molar-refractivity contribution in [2.75, 3.05) is 10.6 Å². The summed E-state index contributed by atoms with van der Waals surface area (Å²) in [6, 6.07) is 6.39. The first-order valence-corrected chi connectivity index (χ1v) is 8.47. The van der Waals surface area contributed by atoms with E-state index >= 15 is 0 Å². The molecule has 10 heteroatoms. The quantitative estimate of drug-likeness (QED) is 0.740. The van der Waals surface area contributed by atoms with Crippen molar-refractivity contribution < 1.29 is 9.59 Å². The first-order valence-electron chi connectivity index (χ1n) is 6.84. The number of aryl methyl sites for hydroxylation is 2. The number of hydrogen-bond acceptors (Lipinski definition) is 8. The molecule has 3 aromatic rings. The predicted octanol–water partition coefficient (Wildman–Crippen LogP) is 2.51. The van der Waals surface area contributed by atoms with Crippen LogP contribution in [0.5, 0.6) is 0 Å². The minimum absolute atomic E-state index is 0.351. The molecule has 2 heterocycles. The van der Waals surface area contributed by atoms with E-state index < -0.39 is 0 Å². The molecular weight excluding hydrogens is 348 g/mol. The van der Waals surface area contributed by atoms with E-state index in [2.05, 4.69) is 31.0 Å². The minimum Gasteiger partial charge on any atom is -0.296 e. The number of nitrogens with one attached hydrogen (secondary N) is 2. The van der Waals surface area contributed by atoms with Crippen LogP contribution in [0.2, 0.25) is 0 Å². The van der Waals surface area contributed by atoms with E-state index in [0.29, 0.717) is 21.4 Å². The Morgan fingerprint density at radius 1 is 0.833 bits per heavy atom. The summed E-state index contributed by atoms with van der Waals surface area (Å²) < 4.78 is 0. The number of amides is 2. The Hall–Kier alpha value is -2.72. The van der Waals surface area contributed by atoms with E-state index in [0.717, 1.165) is 10.0 Å². The van der Waals surface area contributed by atoms with E-state index in [1.165, 1.54) is 28.7 Å². The van der Waals surface area contributed by atoms with Gasteiger partial charge in [0.2, 0.25) is 10.3 Å². The summed E-state index contributed by atoms with van der Waals surface area (Å²) in [4.78, 5) is 24.5. The van der Waals surface area contributed by atoms with Crippen LogP contribution in [0, 0.1) is 13.8 Å². The van der Waals surface area contributed by atoms with Crippen LogP contribution in [0.15, 0.2) is 24.3 Å². The number of aromatic nitrogens is 4. The lowest BCUT2D eigenvalue weighted by molar-refractivity contribution is 0.102. The second kappa shape index (κ2) is 6.81. The first kappa shape index (κ1) is 16.1. The van der Waals surface area contributed by atoms with Crippen LogP contribution < -0.4 is 10.6 Å². The molecule has 1 aromatic carbocycles. The van der Waals surface area contributed by atoms with Crippen molar-refractivity contribution in [3.63, 3.8) is 0 Å². The summed E-state index contributed by atoms with van der Waals surface area (Å²) in [5.74, 6) is -0.708. The van der Waals surface area contributed by atoms with Gasteiger partial charge < -0.3 is 0 Å². The molecule has 0 unspecified atom stereocenters. The lowest BCUT2D eigenvalue weighted by Gasteiger charge is -2.04. The normalized spacial score (nSPS) is 10.4. The molecule has 0 aliphatic carbocycles. The third kappa shape index (κ3) is 3.78. The zero-order chi connectivity index (χ0) is 17.1. The second-order valence-electron chi connectivity index (χ2n) is 4.74. The van der Waals surface area contributed by atoms with Gasteiger partial charge in [-0.1, -0.05) is 28.7 Å². The molecule has 122 valence electrons. The van der Waals surface area contributed by atoms with E-state index in [-0.39, 0.29) is 11.8 Å². The van der Waals surface area contributed by atoms with Gasteiger partial charge in [0.05, 0.1) is 0 Å². The maximum atomic E-state index is 12.2. The number of benzene rings is 1. The highest BCUT2D eigenvalue weighted by molar-refractivity contribution is 7.15. The van der Waals surface area contributed by atoms with Gasteiger partial charge in [-0.05, 0) is 32.0 Å². The maximum Gasteiger partial charge on any atom is 0.257 e. The summed E-state index contributed by atoms with van der Waals surface area (Å²) in [5, 5.41) is 23.0. The van der Waals surface area contributed by atoms with Crippen LogP contribution in [-0.4, -0.2) is 32.2 Å². The van der Waals surface area contributed by atoms with Crippen molar-refractivity contribution >= 4 is 44.8 Å². The van der Waals surface area contributed by atoms with E-state index in [1.807, 2.05) is 0 Å². The number of nitrogens with zero attached hydrogens (tertiary/aromatic N) is 4. The summed E-state index contributed by atoms with van der Waals surface area (Å²) in [5.41, 5.74) is 0.702. The van der Waals surface area contributed by atoms with Gasteiger partial charge in [-0.2, -0.15) is 0 Å². The van der Waals surface area contributed by atoms with Crippen LogP contribution in [0.3, 0.4) is 0 Å². The molecule has 3 rings (SSSR count). The van der Waals surface area contributed by atoms with Crippen molar-refractivity contribution in [2.45, 2.75) is 13.8 Å². The van der Waals surface area contributed by atoms with E-state index in [1.54, 1.807) is 32.0 Å². The number of carbonyl (C=O) groups excluding carboxylic acids is 2. The van der Waals surface area contributed by atoms with Crippen molar-refractivity contribution in [2.24, 2.45) is 0 Å². The van der Waals surface area contributed by atoms with Gasteiger partial charge in [-0.25, -0.2) is 0 Å². The molecule has 0 bridgehead atoms. The fourth-order valence-electron chi connectivity index (χ4n) is 1.83. The highest BCUT2D eigenvalue weighted by atomic mass is 32.1. The fraction of sp³-hybridized carbons (Fsp3) is 0.143. The van der Waals surface area contributed by atoms with Gasteiger partial charge in [0.25, 0.3) is 11.8 Å². The number of anilines is 2. The van der Waals surface area contributed by atoms with Crippen LogP contribution >= 0.6 is 22.7 Å². The number of hydrogen-bond donors (Lipinski definition) is 2. The number of rotatable bonds is 4. The molecule has 0 aliphatic heterocycles. The lowest BCUT2D eigenvalue weighted by atomic mass is 10.1. The Morgan fingerprint density at radius 2 is 1.29 bits per heavy atom. The SMILES string of the molecule is Cc1nnc(NC(=O)c2cccc(C(=O)Nc3nnc(C)s3)c2)s1. The van der Waals surface area contributed by atoms with Gasteiger partial charge in [0.1, 0.15) is 10.0 Å². The largest absolute Gasteiger partial charge is 0.296 e. The summed E-state index contributed by atoms with van der Waals surface area (Å²) in [6.45, 7) is 3.60. The Morgan fingerprint density at radius 3 is 1.67 bits per heavy atom. The zero-order valence-electron chi connectivity index (χ0n) is 12.7. The molecule has 2 aromatic heterocycles. The standard InChI is InChI=1S/C14H12N6O2S2/c1-7-17-19-13(23-7)15-11(21)9-4-3-5-10(6-9)12(22)16-14-20-18-8(2)24-14/h3-6H,1-2H3,(H,15,19,21)(H,16,20,22). The topological polar surface area (TPSA) is 110 Å². The molecule has 0 saturated heterocycles. The summed E-state index contributed by atoms with van der Waals surface area (Å²) >= 11 is 2.56. The van der Waals surface area contributed by atoms with Crippen LogP contribution in [-0.2, 0) is 0 Å². The second-order valence-corrected chi connectivity index (χ2v) is 7.10. The van der Waals surface area contributed by atoms with Crippen LogP contribution in [0.25, 0.3) is 0 Å². The van der Waals surface area contributed by atoms with Gasteiger partial charge in [0.15, 0.2) is 0 Å². The first-order chi connectivity index (χ1) is 11.5. The predicted molar refractivity (Wildman–Crippen MR) is 91.6 cm³/mol. The van der Waals surface area contributed by atoms with Gasteiger partial charge >= 0.3 is 0 Å². The Kier molecular flexibility index (Phi) is 4.58. The highest BCUT2D eigenvalue weighted by Crippen LogP contribution is 2.17. The molecule has 0 spiro atoms. The Labute approximate surface area is 145 Å². The molecule has 2 N–H and O–H groups in total. The van der Waals surface area contributed by atoms with E-state index in [9.17, 15) is 9.59 Å². The van der Waals surface area contributed by atoms with Gasteiger partial charge in [0, 0.05) is 11.1 Å². The van der Waals surface area contributed by atoms with Crippen molar-refractivity contribution in [3.05, 3.63) is 45.4 Å². The molecule has 0 radical (unpaired) electrons. The molecular formula is C14H12N6O2S2. The van der Waals surface area contributed by atoms with Crippen LogP contribution in [0.4, 0.5) is 10.3 Å². The summed E-state index contributed by atoms with van der Waals surface area (Å²) in [6.07, 6.45) is 0. The average Bonchev–Trinajstić information content (AvgIpc) is 3.15. The van der Waals surface area contributed by atoms with Crippen LogP contribution in [0.1, 0.15) is 30.7 Å². The van der Waals surface area contributed by atoms with E-state index in [4.69, 9.17) is 0 Å². The van der Waals surface area contributed by atoms with Gasteiger partial charge in [-0.15, -0.1) is 20.4 Å². The maximum absolute atomic E-state index is 12.2. The third-order valence-electron chi connectivity index (χ3n) is 2.88.